The lowest BCUT2D eigenvalue weighted by Gasteiger charge is -2.16. The number of anilines is 1. The molecule has 1 aromatic carbocycles. The highest BCUT2D eigenvalue weighted by Crippen LogP contribution is 2.25. The third-order valence-electron chi connectivity index (χ3n) is 3.36. The van der Waals surface area contributed by atoms with Gasteiger partial charge in [-0.25, -0.2) is 9.97 Å². The van der Waals surface area contributed by atoms with E-state index in [2.05, 4.69) is 39.1 Å². The van der Waals surface area contributed by atoms with Crippen LogP contribution in [0.2, 0.25) is 0 Å². The molecule has 0 bridgehead atoms. The van der Waals surface area contributed by atoms with Crippen molar-refractivity contribution in [3.8, 4) is 0 Å². The van der Waals surface area contributed by atoms with Crippen molar-refractivity contribution in [1.82, 2.24) is 9.97 Å². The Kier molecular flexibility index (Phi) is 2.72. The Morgan fingerprint density at radius 1 is 1.22 bits per heavy atom. The highest BCUT2D eigenvalue weighted by atomic mass is 16.3. The summed E-state index contributed by atoms with van der Waals surface area (Å²) in [7, 11) is 0. The van der Waals surface area contributed by atoms with Gasteiger partial charge in [0.2, 0.25) is 5.95 Å². The second kappa shape index (κ2) is 4.38. The second-order valence-electron chi connectivity index (χ2n) is 4.56. The van der Waals surface area contributed by atoms with Crippen LogP contribution >= 0.6 is 0 Å². The average molecular weight is 241 g/mol. The van der Waals surface area contributed by atoms with E-state index in [0.29, 0.717) is 0 Å². The minimum absolute atomic E-state index is 0.00760. The van der Waals surface area contributed by atoms with Crippen molar-refractivity contribution >= 4 is 5.95 Å². The summed E-state index contributed by atoms with van der Waals surface area (Å²) in [5.74, 6) is 0.737. The Morgan fingerprint density at radius 2 is 1.89 bits per heavy atom. The molecular formula is C14H15N3O. The van der Waals surface area contributed by atoms with E-state index in [9.17, 15) is 0 Å². The fourth-order valence-corrected chi connectivity index (χ4v) is 2.26. The molecule has 0 saturated heterocycles. The number of fused-ring (bicyclic) bond motifs is 1. The van der Waals surface area contributed by atoms with Crippen molar-refractivity contribution in [2.45, 2.75) is 26.6 Å². The molecule has 4 nitrogen and oxygen atoms in total. The zero-order valence-corrected chi connectivity index (χ0v) is 10.3. The Bertz CT molecular complexity index is 558. The summed E-state index contributed by atoms with van der Waals surface area (Å²) < 4.78 is 0. The Hall–Kier alpha value is -1.94. The molecule has 4 heteroatoms. The minimum Gasteiger partial charge on any atom is -0.392 e. The molecule has 2 aromatic rings. The summed E-state index contributed by atoms with van der Waals surface area (Å²) in [6.07, 6.45) is 1.71. The number of aromatic nitrogens is 2. The predicted molar refractivity (Wildman–Crippen MR) is 69.0 cm³/mol. The van der Waals surface area contributed by atoms with E-state index < -0.39 is 0 Å². The molecule has 1 aliphatic rings. The first-order valence-electron chi connectivity index (χ1n) is 6.03. The number of aliphatic hydroxyl groups is 1. The van der Waals surface area contributed by atoms with Gasteiger partial charge in [-0.05, 0) is 18.1 Å². The quantitative estimate of drug-likeness (QED) is 0.871. The molecule has 0 unspecified atom stereocenters. The summed E-state index contributed by atoms with van der Waals surface area (Å²) in [5, 5.41) is 9.12. The van der Waals surface area contributed by atoms with Crippen molar-refractivity contribution in [3.05, 3.63) is 52.8 Å². The molecule has 0 spiro atoms. The van der Waals surface area contributed by atoms with E-state index in [4.69, 9.17) is 5.11 Å². The third-order valence-corrected chi connectivity index (χ3v) is 3.36. The Labute approximate surface area is 106 Å². The first-order chi connectivity index (χ1) is 8.78. The molecule has 1 aliphatic heterocycles. The van der Waals surface area contributed by atoms with Gasteiger partial charge in [0, 0.05) is 30.5 Å². The van der Waals surface area contributed by atoms with Crippen LogP contribution in [0.15, 0.2) is 30.5 Å². The zero-order valence-electron chi connectivity index (χ0n) is 10.3. The van der Waals surface area contributed by atoms with Crippen molar-refractivity contribution in [2.75, 3.05) is 4.90 Å². The summed E-state index contributed by atoms with van der Waals surface area (Å²) in [5.41, 5.74) is 4.31. The number of aryl methyl sites for hydroxylation is 1. The lowest BCUT2D eigenvalue weighted by atomic mass is 10.1. The monoisotopic (exact) mass is 241 g/mol. The van der Waals surface area contributed by atoms with E-state index in [0.717, 1.165) is 30.3 Å². The number of hydrogen-bond donors (Lipinski definition) is 1. The maximum Gasteiger partial charge on any atom is 0.226 e. The maximum atomic E-state index is 9.12. The maximum absolute atomic E-state index is 9.12. The van der Waals surface area contributed by atoms with Crippen LogP contribution in [0.25, 0.3) is 0 Å². The van der Waals surface area contributed by atoms with E-state index in [-0.39, 0.29) is 6.61 Å². The third kappa shape index (κ3) is 1.84. The predicted octanol–water partition coefficient (Wildman–Crippen LogP) is 1.80. The average Bonchev–Trinajstić information content (AvgIpc) is 2.82. The SMILES string of the molecule is Cc1nc(N2Cc3ccccc3C2)ncc1CO. The number of rotatable bonds is 2. The summed E-state index contributed by atoms with van der Waals surface area (Å²) in [4.78, 5) is 10.9. The van der Waals surface area contributed by atoms with E-state index in [1.54, 1.807) is 6.20 Å². The molecule has 18 heavy (non-hydrogen) atoms. The minimum atomic E-state index is -0.00760. The first kappa shape index (κ1) is 11.2. The van der Waals surface area contributed by atoms with Gasteiger partial charge in [0.05, 0.1) is 6.61 Å². The summed E-state index contributed by atoms with van der Waals surface area (Å²) in [6, 6.07) is 8.40. The van der Waals surface area contributed by atoms with Crippen LogP contribution in [0, 0.1) is 6.92 Å². The Morgan fingerprint density at radius 3 is 2.44 bits per heavy atom. The van der Waals surface area contributed by atoms with E-state index in [1.165, 1.54) is 11.1 Å². The van der Waals surface area contributed by atoms with Gasteiger partial charge in [-0.15, -0.1) is 0 Å². The van der Waals surface area contributed by atoms with Gasteiger partial charge in [0.1, 0.15) is 0 Å². The number of nitrogens with zero attached hydrogens (tertiary/aromatic N) is 3. The van der Waals surface area contributed by atoms with Gasteiger partial charge >= 0.3 is 0 Å². The van der Waals surface area contributed by atoms with Gasteiger partial charge in [0.15, 0.2) is 0 Å². The van der Waals surface area contributed by atoms with Gasteiger partial charge in [-0.3, -0.25) is 0 Å². The molecule has 0 saturated carbocycles. The van der Waals surface area contributed by atoms with Gasteiger partial charge in [-0.2, -0.15) is 0 Å². The van der Waals surface area contributed by atoms with Crippen LogP contribution in [0.4, 0.5) is 5.95 Å². The normalized spacial score (nSPS) is 13.8. The van der Waals surface area contributed by atoms with Gasteiger partial charge < -0.3 is 10.0 Å². The number of hydrogen-bond acceptors (Lipinski definition) is 4. The van der Waals surface area contributed by atoms with Crippen LogP contribution in [0.1, 0.15) is 22.4 Å². The molecule has 0 amide bonds. The van der Waals surface area contributed by atoms with Crippen LogP contribution < -0.4 is 4.90 Å². The topological polar surface area (TPSA) is 49.2 Å². The summed E-state index contributed by atoms with van der Waals surface area (Å²) >= 11 is 0. The molecule has 0 aliphatic carbocycles. The fraction of sp³-hybridized carbons (Fsp3) is 0.286. The van der Waals surface area contributed by atoms with Crippen LogP contribution in [0.5, 0.6) is 0 Å². The second-order valence-corrected chi connectivity index (χ2v) is 4.56. The molecule has 1 N–H and O–H groups in total. The van der Waals surface area contributed by atoms with Crippen molar-refractivity contribution in [1.29, 1.82) is 0 Å². The highest BCUT2D eigenvalue weighted by Gasteiger charge is 2.20. The van der Waals surface area contributed by atoms with E-state index in [1.807, 2.05) is 6.92 Å². The number of benzene rings is 1. The smallest absolute Gasteiger partial charge is 0.226 e. The molecule has 92 valence electrons. The van der Waals surface area contributed by atoms with E-state index >= 15 is 0 Å². The van der Waals surface area contributed by atoms with Crippen LogP contribution in [-0.2, 0) is 19.7 Å². The number of aliphatic hydroxyl groups excluding tert-OH is 1. The zero-order chi connectivity index (χ0) is 12.5. The fourth-order valence-electron chi connectivity index (χ4n) is 2.26. The lowest BCUT2D eigenvalue weighted by Crippen LogP contribution is -2.18. The molecule has 0 radical (unpaired) electrons. The van der Waals surface area contributed by atoms with Crippen molar-refractivity contribution in [3.63, 3.8) is 0 Å². The standard InChI is InChI=1S/C14H15N3O/c1-10-13(9-18)6-15-14(16-10)17-7-11-4-2-3-5-12(11)8-17/h2-6,18H,7-9H2,1H3. The van der Waals surface area contributed by atoms with Gasteiger partial charge in [-0.1, -0.05) is 24.3 Å². The molecule has 0 atom stereocenters. The molecule has 3 rings (SSSR count). The Balaban J connectivity index is 1.88. The molecule has 2 heterocycles. The first-order valence-corrected chi connectivity index (χ1v) is 6.03. The summed E-state index contributed by atoms with van der Waals surface area (Å²) in [6.45, 7) is 3.61. The van der Waals surface area contributed by atoms with Crippen LogP contribution in [-0.4, -0.2) is 15.1 Å². The molecular weight excluding hydrogens is 226 g/mol. The molecule has 1 aromatic heterocycles. The van der Waals surface area contributed by atoms with Crippen molar-refractivity contribution in [2.24, 2.45) is 0 Å². The largest absolute Gasteiger partial charge is 0.392 e. The molecule has 0 fully saturated rings. The highest BCUT2D eigenvalue weighted by molar-refractivity contribution is 5.43. The van der Waals surface area contributed by atoms with Gasteiger partial charge in [0.25, 0.3) is 0 Å². The van der Waals surface area contributed by atoms with Crippen LogP contribution in [0.3, 0.4) is 0 Å². The lowest BCUT2D eigenvalue weighted by molar-refractivity contribution is 0.280. The van der Waals surface area contributed by atoms with Crippen molar-refractivity contribution < 1.29 is 5.11 Å².